The SMILES string of the molecule is CCn1cnc(Cl)c1Br. The normalized spacial score (nSPS) is 10.1. The molecule has 9 heavy (non-hydrogen) atoms. The van der Waals surface area contributed by atoms with Gasteiger partial charge in [-0.15, -0.1) is 0 Å². The van der Waals surface area contributed by atoms with Crippen LogP contribution in [0.2, 0.25) is 5.15 Å². The van der Waals surface area contributed by atoms with E-state index in [2.05, 4.69) is 20.9 Å². The van der Waals surface area contributed by atoms with Gasteiger partial charge in [0.1, 0.15) is 4.60 Å². The van der Waals surface area contributed by atoms with E-state index >= 15 is 0 Å². The monoisotopic (exact) mass is 208 g/mol. The van der Waals surface area contributed by atoms with Crippen molar-refractivity contribution in [2.75, 3.05) is 0 Å². The molecule has 0 aromatic carbocycles. The molecule has 50 valence electrons. The van der Waals surface area contributed by atoms with Crippen LogP contribution >= 0.6 is 27.5 Å². The molecule has 0 unspecified atom stereocenters. The molecule has 0 fully saturated rings. The second-order valence-electron chi connectivity index (χ2n) is 1.61. The number of hydrogen-bond donors (Lipinski definition) is 0. The highest BCUT2D eigenvalue weighted by Gasteiger charge is 2.01. The summed E-state index contributed by atoms with van der Waals surface area (Å²) in [6, 6.07) is 0. The summed E-state index contributed by atoms with van der Waals surface area (Å²) < 4.78 is 2.77. The van der Waals surface area contributed by atoms with Gasteiger partial charge in [-0.2, -0.15) is 0 Å². The summed E-state index contributed by atoms with van der Waals surface area (Å²) in [6.45, 7) is 2.92. The fourth-order valence-electron chi connectivity index (χ4n) is 0.563. The standard InChI is InChI=1S/C5H6BrClN2/c1-2-9-3-8-5(7)4(9)6/h3H,2H2,1H3. The molecule has 0 atom stereocenters. The van der Waals surface area contributed by atoms with Crippen LogP contribution in [0.1, 0.15) is 6.92 Å². The van der Waals surface area contributed by atoms with Crippen LogP contribution in [-0.2, 0) is 6.54 Å². The predicted molar refractivity (Wildman–Crippen MR) is 40.6 cm³/mol. The van der Waals surface area contributed by atoms with Crippen molar-refractivity contribution in [3.8, 4) is 0 Å². The quantitative estimate of drug-likeness (QED) is 0.694. The van der Waals surface area contributed by atoms with Crippen molar-refractivity contribution < 1.29 is 0 Å². The fourth-order valence-corrected chi connectivity index (χ4v) is 1.16. The Morgan fingerprint density at radius 2 is 2.56 bits per heavy atom. The van der Waals surface area contributed by atoms with Crippen LogP contribution in [0, 0.1) is 0 Å². The molecular formula is C5H6BrClN2. The van der Waals surface area contributed by atoms with Gasteiger partial charge in [-0.25, -0.2) is 4.98 Å². The summed E-state index contributed by atoms with van der Waals surface area (Å²) in [5, 5.41) is 0.525. The molecule has 1 aromatic rings. The van der Waals surface area contributed by atoms with Gasteiger partial charge in [0.05, 0.1) is 6.33 Å². The van der Waals surface area contributed by atoms with Crippen molar-refractivity contribution in [1.82, 2.24) is 9.55 Å². The summed E-state index contributed by atoms with van der Waals surface area (Å²) in [5.74, 6) is 0. The third-order valence-corrected chi connectivity index (χ3v) is 2.41. The van der Waals surface area contributed by atoms with E-state index in [9.17, 15) is 0 Å². The molecule has 2 nitrogen and oxygen atoms in total. The van der Waals surface area contributed by atoms with Gasteiger partial charge in [-0.1, -0.05) is 11.6 Å². The molecule has 0 radical (unpaired) electrons. The van der Waals surface area contributed by atoms with E-state index in [1.54, 1.807) is 6.33 Å². The van der Waals surface area contributed by atoms with Gasteiger partial charge in [0.15, 0.2) is 5.15 Å². The molecule has 0 saturated heterocycles. The molecule has 0 amide bonds. The minimum absolute atomic E-state index is 0.525. The van der Waals surface area contributed by atoms with Crippen LogP contribution in [0.5, 0.6) is 0 Å². The maximum absolute atomic E-state index is 5.63. The lowest BCUT2D eigenvalue weighted by atomic mass is 10.7. The van der Waals surface area contributed by atoms with Gasteiger partial charge < -0.3 is 4.57 Å². The molecule has 1 rings (SSSR count). The molecule has 0 aliphatic carbocycles. The molecule has 0 N–H and O–H groups in total. The molecule has 4 heteroatoms. The van der Waals surface area contributed by atoms with E-state index in [4.69, 9.17) is 11.6 Å². The highest BCUT2D eigenvalue weighted by Crippen LogP contribution is 2.19. The van der Waals surface area contributed by atoms with Crippen LogP contribution in [0.4, 0.5) is 0 Å². The third kappa shape index (κ3) is 1.27. The molecule has 1 heterocycles. The third-order valence-electron chi connectivity index (χ3n) is 1.07. The zero-order chi connectivity index (χ0) is 6.85. The number of halogens is 2. The number of aryl methyl sites for hydroxylation is 1. The van der Waals surface area contributed by atoms with Gasteiger partial charge in [0, 0.05) is 6.54 Å². The molecule has 1 aromatic heterocycles. The lowest BCUT2D eigenvalue weighted by Crippen LogP contribution is -1.89. The first-order valence-electron chi connectivity index (χ1n) is 2.61. The van der Waals surface area contributed by atoms with Crippen LogP contribution in [0.25, 0.3) is 0 Å². The maximum atomic E-state index is 5.63. The summed E-state index contributed by atoms with van der Waals surface area (Å²) >= 11 is 8.91. The Morgan fingerprint density at radius 3 is 2.78 bits per heavy atom. The van der Waals surface area contributed by atoms with Crippen LogP contribution in [-0.4, -0.2) is 9.55 Å². The zero-order valence-corrected chi connectivity index (χ0v) is 7.28. The Kier molecular flexibility index (Phi) is 2.13. The average Bonchev–Trinajstić information content (AvgIpc) is 2.15. The van der Waals surface area contributed by atoms with E-state index in [1.165, 1.54) is 0 Å². The second kappa shape index (κ2) is 2.71. The van der Waals surface area contributed by atoms with Crippen LogP contribution in [0.3, 0.4) is 0 Å². The molecule has 0 bridgehead atoms. The Hall–Kier alpha value is -0.0200. The van der Waals surface area contributed by atoms with Crippen LogP contribution < -0.4 is 0 Å². The van der Waals surface area contributed by atoms with Crippen molar-refractivity contribution in [1.29, 1.82) is 0 Å². The number of imidazole rings is 1. The van der Waals surface area contributed by atoms with Gasteiger partial charge in [0.25, 0.3) is 0 Å². The second-order valence-corrected chi connectivity index (χ2v) is 2.72. The van der Waals surface area contributed by atoms with E-state index in [0.29, 0.717) is 5.15 Å². The van der Waals surface area contributed by atoms with Gasteiger partial charge in [-0.05, 0) is 22.9 Å². The number of nitrogens with zero attached hydrogens (tertiary/aromatic N) is 2. The summed E-state index contributed by atoms with van der Waals surface area (Å²) in [7, 11) is 0. The smallest absolute Gasteiger partial charge is 0.161 e. The van der Waals surface area contributed by atoms with Gasteiger partial charge in [-0.3, -0.25) is 0 Å². The Morgan fingerprint density at radius 1 is 1.89 bits per heavy atom. The van der Waals surface area contributed by atoms with Crippen molar-refractivity contribution >= 4 is 27.5 Å². The summed E-state index contributed by atoms with van der Waals surface area (Å²) in [4.78, 5) is 3.87. The summed E-state index contributed by atoms with van der Waals surface area (Å²) in [6.07, 6.45) is 1.70. The number of aromatic nitrogens is 2. The highest BCUT2D eigenvalue weighted by atomic mass is 79.9. The van der Waals surface area contributed by atoms with Crippen molar-refractivity contribution in [3.05, 3.63) is 16.1 Å². The maximum Gasteiger partial charge on any atom is 0.161 e. The first-order valence-corrected chi connectivity index (χ1v) is 3.79. The summed E-state index contributed by atoms with van der Waals surface area (Å²) in [5.41, 5.74) is 0. The zero-order valence-electron chi connectivity index (χ0n) is 4.93. The first kappa shape index (κ1) is 7.09. The average molecular weight is 209 g/mol. The lowest BCUT2D eigenvalue weighted by molar-refractivity contribution is 0.746. The van der Waals surface area contributed by atoms with Crippen molar-refractivity contribution in [2.45, 2.75) is 13.5 Å². The molecule has 0 aliphatic rings. The van der Waals surface area contributed by atoms with E-state index in [-0.39, 0.29) is 0 Å². The molecule has 0 aliphatic heterocycles. The van der Waals surface area contributed by atoms with E-state index in [0.717, 1.165) is 11.1 Å². The minimum Gasteiger partial charge on any atom is -0.324 e. The molecule has 0 spiro atoms. The van der Waals surface area contributed by atoms with Gasteiger partial charge in [0.2, 0.25) is 0 Å². The first-order chi connectivity index (χ1) is 4.25. The Labute approximate surface area is 67.0 Å². The van der Waals surface area contributed by atoms with Crippen molar-refractivity contribution in [2.24, 2.45) is 0 Å². The van der Waals surface area contributed by atoms with Crippen molar-refractivity contribution in [3.63, 3.8) is 0 Å². The lowest BCUT2D eigenvalue weighted by Gasteiger charge is -1.94. The predicted octanol–water partition coefficient (Wildman–Crippen LogP) is 2.32. The Bertz CT molecular complexity index is 209. The number of hydrogen-bond acceptors (Lipinski definition) is 1. The molecule has 0 saturated carbocycles. The fraction of sp³-hybridized carbons (Fsp3) is 0.400. The minimum atomic E-state index is 0.525. The van der Waals surface area contributed by atoms with Gasteiger partial charge >= 0.3 is 0 Å². The van der Waals surface area contributed by atoms with E-state index in [1.807, 2.05) is 11.5 Å². The number of rotatable bonds is 1. The molecular weight excluding hydrogens is 203 g/mol. The van der Waals surface area contributed by atoms with Crippen LogP contribution in [0.15, 0.2) is 10.9 Å². The topological polar surface area (TPSA) is 17.8 Å². The highest BCUT2D eigenvalue weighted by molar-refractivity contribution is 9.10. The largest absolute Gasteiger partial charge is 0.324 e. The Balaban J connectivity index is 3.04. The van der Waals surface area contributed by atoms with E-state index < -0.39 is 0 Å².